The van der Waals surface area contributed by atoms with Gasteiger partial charge in [-0.15, -0.1) is 0 Å². The minimum absolute atomic E-state index is 0.342. The second kappa shape index (κ2) is 6.42. The molecule has 0 aliphatic rings. The van der Waals surface area contributed by atoms with Crippen molar-refractivity contribution in [3.63, 3.8) is 0 Å². The van der Waals surface area contributed by atoms with Gasteiger partial charge in [-0.2, -0.15) is 0 Å². The largest absolute Gasteiger partial charge is 0.480 e. The summed E-state index contributed by atoms with van der Waals surface area (Å²) in [5.41, 5.74) is 0.585. The van der Waals surface area contributed by atoms with Gasteiger partial charge in [0.2, 0.25) is 5.91 Å². The Kier molecular flexibility index (Phi) is 5.19. The maximum atomic E-state index is 11.4. The number of carbonyl (C=O) groups excluding carboxylic acids is 1. The van der Waals surface area contributed by atoms with Gasteiger partial charge in [0.25, 0.3) is 0 Å². The monoisotopic (exact) mass is 287 g/mol. The molecule has 0 fully saturated rings. The Morgan fingerprint density at radius 2 is 2.06 bits per heavy atom. The molecule has 2 N–H and O–H groups in total. The molecule has 0 radical (unpaired) electrons. The summed E-state index contributed by atoms with van der Waals surface area (Å²) in [6.07, 6.45) is 2.68. The molecule has 1 rings (SSSR count). The standard InChI is InChI=1S/C12H11Cl2NO3/c1-7(12(17)18)15-10(16)6-5-8-3-2-4-9(13)11(8)14/h2-7H,1H3,(H,15,16)(H,17,18)/b6-5+/t7-/m0/s1. The molecule has 0 bridgehead atoms. The van der Waals surface area contributed by atoms with Crippen molar-refractivity contribution >= 4 is 41.2 Å². The number of carbonyl (C=O) groups is 2. The number of carboxylic acid groups (broad SMARTS) is 1. The predicted molar refractivity (Wildman–Crippen MR) is 70.7 cm³/mol. The van der Waals surface area contributed by atoms with Gasteiger partial charge in [-0.3, -0.25) is 9.59 Å². The van der Waals surface area contributed by atoms with Crippen LogP contribution in [0.15, 0.2) is 24.3 Å². The number of rotatable bonds is 4. The van der Waals surface area contributed by atoms with Crippen molar-refractivity contribution in [1.82, 2.24) is 5.32 Å². The molecule has 0 heterocycles. The lowest BCUT2D eigenvalue weighted by molar-refractivity contribution is -0.140. The van der Waals surface area contributed by atoms with Crippen LogP contribution >= 0.6 is 23.2 Å². The van der Waals surface area contributed by atoms with Crippen LogP contribution in [0.3, 0.4) is 0 Å². The molecule has 1 amide bonds. The number of aliphatic carboxylic acids is 1. The molecule has 18 heavy (non-hydrogen) atoms. The van der Waals surface area contributed by atoms with E-state index in [0.29, 0.717) is 15.6 Å². The van der Waals surface area contributed by atoms with Gasteiger partial charge in [0, 0.05) is 6.08 Å². The zero-order valence-corrected chi connectivity index (χ0v) is 11.0. The summed E-state index contributed by atoms with van der Waals surface area (Å²) >= 11 is 11.7. The zero-order chi connectivity index (χ0) is 13.7. The number of carboxylic acids is 1. The minimum atomic E-state index is -1.10. The molecule has 0 aromatic heterocycles. The maximum absolute atomic E-state index is 11.4. The Hall–Kier alpha value is -1.52. The summed E-state index contributed by atoms with van der Waals surface area (Å²) in [6, 6.07) is 4.08. The Balaban J connectivity index is 2.72. The van der Waals surface area contributed by atoms with Crippen molar-refractivity contribution in [3.05, 3.63) is 39.9 Å². The lowest BCUT2D eigenvalue weighted by atomic mass is 10.2. The first-order chi connectivity index (χ1) is 8.41. The molecule has 1 atom stereocenters. The lowest BCUT2D eigenvalue weighted by Crippen LogP contribution is -2.37. The first-order valence-electron chi connectivity index (χ1n) is 5.07. The van der Waals surface area contributed by atoms with Crippen LogP contribution in [0.4, 0.5) is 0 Å². The highest BCUT2D eigenvalue weighted by Gasteiger charge is 2.11. The number of benzene rings is 1. The smallest absolute Gasteiger partial charge is 0.325 e. The van der Waals surface area contributed by atoms with Gasteiger partial charge in [0.05, 0.1) is 10.0 Å². The highest BCUT2D eigenvalue weighted by Crippen LogP contribution is 2.26. The molecule has 6 heteroatoms. The van der Waals surface area contributed by atoms with Crippen molar-refractivity contribution in [2.24, 2.45) is 0 Å². The summed E-state index contributed by atoms with van der Waals surface area (Å²) in [7, 11) is 0. The molecule has 0 saturated heterocycles. The Labute approximate surface area is 114 Å². The second-order valence-corrected chi connectivity index (χ2v) is 4.33. The van der Waals surface area contributed by atoms with Crippen LogP contribution in [0, 0.1) is 0 Å². The van der Waals surface area contributed by atoms with Crippen LogP contribution in [0.25, 0.3) is 6.08 Å². The third kappa shape index (κ3) is 4.05. The van der Waals surface area contributed by atoms with E-state index in [2.05, 4.69) is 5.32 Å². The average molecular weight is 288 g/mol. The molecular formula is C12H11Cl2NO3. The van der Waals surface area contributed by atoms with Crippen molar-refractivity contribution in [1.29, 1.82) is 0 Å². The number of hydrogen-bond donors (Lipinski definition) is 2. The van der Waals surface area contributed by atoms with Crippen molar-refractivity contribution in [3.8, 4) is 0 Å². The SMILES string of the molecule is C[C@H](NC(=O)/C=C/c1cccc(Cl)c1Cl)C(=O)O. The van der Waals surface area contributed by atoms with Gasteiger partial charge >= 0.3 is 5.97 Å². The van der Waals surface area contributed by atoms with E-state index in [-0.39, 0.29) is 0 Å². The third-order valence-corrected chi connectivity index (χ3v) is 2.96. The quantitative estimate of drug-likeness (QED) is 0.837. The summed E-state index contributed by atoms with van der Waals surface area (Å²) in [6.45, 7) is 1.38. The van der Waals surface area contributed by atoms with Gasteiger partial charge < -0.3 is 10.4 Å². The summed E-state index contributed by atoms with van der Waals surface area (Å²) in [5, 5.41) is 11.6. The van der Waals surface area contributed by atoms with Crippen molar-refractivity contribution in [2.45, 2.75) is 13.0 Å². The third-order valence-electron chi connectivity index (χ3n) is 2.12. The van der Waals surface area contributed by atoms with Crippen LogP contribution < -0.4 is 5.32 Å². The summed E-state index contributed by atoms with van der Waals surface area (Å²) < 4.78 is 0. The topological polar surface area (TPSA) is 66.4 Å². The Morgan fingerprint density at radius 1 is 1.39 bits per heavy atom. The second-order valence-electron chi connectivity index (χ2n) is 3.54. The molecule has 0 aliphatic heterocycles. The molecule has 4 nitrogen and oxygen atoms in total. The zero-order valence-electron chi connectivity index (χ0n) is 9.48. The normalized spacial score (nSPS) is 12.4. The van der Waals surface area contributed by atoms with Crippen LogP contribution in [0.5, 0.6) is 0 Å². The van der Waals surface area contributed by atoms with Crippen LogP contribution in [-0.2, 0) is 9.59 Å². The number of hydrogen-bond acceptors (Lipinski definition) is 2. The molecule has 0 spiro atoms. The van der Waals surface area contributed by atoms with Crippen molar-refractivity contribution < 1.29 is 14.7 Å². The lowest BCUT2D eigenvalue weighted by Gasteiger charge is -2.06. The van der Waals surface area contributed by atoms with Crippen molar-refractivity contribution in [2.75, 3.05) is 0 Å². The predicted octanol–water partition coefficient (Wildman–Crippen LogP) is 2.60. The van der Waals surface area contributed by atoms with E-state index < -0.39 is 17.9 Å². The molecule has 1 aromatic carbocycles. The van der Waals surface area contributed by atoms with E-state index in [0.717, 1.165) is 0 Å². The number of amides is 1. The fourth-order valence-corrected chi connectivity index (χ4v) is 1.51. The molecular weight excluding hydrogens is 277 g/mol. The molecule has 96 valence electrons. The summed E-state index contributed by atoms with van der Waals surface area (Å²) in [4.78, 5) is 21.9. The number of halogens is 2. The Morgan fingerprint density at radius 3 is 2.67 bits per heavy atom. The fourth-order valence-electron chi connectivity index (χ4n) is 1.14. The van der Waals surface area contributed by atoms with E-state index in [1.165, 1.54) is 19.1 Å². The van der Waals surface area contributed by atoms with Gasteiger partial charge in [-0.25, -0.2) is 0 Å². The van der Waals surface area contributed by atoms with E-state index in [4.69, 9.17) is 28.3 Å². The molecule has 0 aliphatic carbocycles. The number of nitrogens with one attached hydrogen (secondary N) is 1. The minimum Gasteiger partial charge on any atom is -0.480 e. The van der Waals surface area contributed by atoms with Gasteiger partial charge in [0.1, 0.15) is 6.04 Å². The van der Waals surface area contributed by atoms with E-state index in [1.54, 1.807) is 18.2 Å². The molecule has 0 unspecified atom stereocenters. The van der Waals surface area contributed by atoms with Crippen LogP contribution in [0.1, 0.15) is 12.5 Å². The first-order valence-corrected chi connectivity index (χ1v) is 5.83. The first kappa shape index (κ1) is 14.5. The van der Waals surface area contributed by atoms with Gasteiger partial charge in [0.15, 0.2) is 0 Å². The highest BCUT2D eigenvalue weighted by atomic mass is 35.5. The van der Waals surface area contributed by atoms with Crippen LogP contribution in [0.2, 0.25) is 10.0 Å². The molecule has 1 aromatic rings. The Bertz CT molecular complexity index is 500. The van der Waals surface area contributed by atoms with E-state index >= 15 is 0 Å². The van der Waals surface area contributed by atoms with Gasteiger partial charge in [-0.05, 0) is 24.6 Å². The van der Waals surface area contributed by atoms with Gasteiger partial charge in [-0.1, -0.05) is 35.3 Å². The highest BCUT2D eigenvalue weighted by molar-refractivity contribution is 6.42. The average Bonchev–Trinajstić information content (AvgIpc) is 2.31. The fraction of sp³-hybridized carbons (Fsp3) is 0.167. The maximum Gasteiger partial charge on any atom is 0.325 e. The van der Waals surface area contributed by atoms with E-state index in [1.807, 2.05) is 0 Å². The summed E-state index contributed by atoms with van der Waals surface area (Å²) in [5.74, 6) is -1.61. The molecule has 0 saturated carbocycles. The van der Waals surface area contributed by atoms with Crippen LogP contribution in [-0.4, -0.2) is 23.0 Å². The van der Waals surface area contributed by atoms with E-state index in [9.17, 15) is 9.59 Å².